The Labute approximate surface area is 127 Å². The Hall–Kier alpha value is -1.00. The van der Waals surface area contributed by atoms with Crippen LogP contribution in [0.25, 0.3) is 0 Å². The van der Waals surface area contributed by atoms with E-state index in [9.17, 15) is 4.39 Å². The second-order valence-corrected chi connectivity index (χ2v) is 5.66. The summed E-state index contributed by atoms with van der Waals surface area (Å²) in [6.45, 7) is 8.11. The molecule has 0 aromatic heterocycles. The van der Waals surface area contributed by atoms with Crippen LogP contribution in [-0.4, -0.2) is 22.5 Å². The van der Waals surface area contributed by atoms with Crippen LogP contribution in [-0.2, 0) is 6.54 Å². The summed E-state index contributed by atoms with van der Waals surface area (Å²) < 4.78 is 14.4. The monoisotopic (exact) mass is 296 g/mol. The van der Waals surface area contributed by atoms with E-state index in [4.69, 9.17) is 18.0 Å². The van der Waals surface area contributed by atoms with Crippen molar-refractivity contribution in [3.05, 3.63) is 35.1 Å². The number of hydrogen-bond acceptors (Lipinski definition) is 2. The molecular weight excluding hydrogens is 271 g/mol. The third kappa shape index (κ3) is 4.53. The Morgan fingerprint density at radius 3 is 2.65 bits per heavy atom. The van der Waals surface area contributed by atoms with Gasteiger partial charge in [-0.05, 0) is 32.4 Å². The van der Waals surface area contributed by atoms with E-state index in [0.29, 0.717) is 23.7 Å². The zero-order chi connectivity index (χ0) is 15.1. The van der Waals surface area contributed by atoms with E-state index in [1.165, 1.54) is 0 Å². The van der Waals surface area contributed by atoms with Crippen LogP contribution in [0.15, 0.2) is 18.2 Å². The molecule has 0 aliphatic heterocycles. The molecule has 1 unspecified atom stereocenters. The van der Waals surface area contributed by atoms with Gasteiger partial charge in [-0.3, -0.25) is 4.90 Å². The molecule has 0 aliphatic carbocycles. The molecular formula is C16H25FN2S. The van der Waals surface area contributed by atoms with Gasteiger partial charge in [0.05, 0.1) is 0 Å². The summed E-state index contributed by atoms with van der Waals surface area (Å²) in [5.41, 5.74) is 6.58. The SMILES string of the molecule is CCCCN(Cc1cccc(C(N)=S)c1F)C(C)CC. The van der Waals surface area contributed by atoms with Crippen LogP contribution in [0.2, 0.25) is 0 Å². The van der Waals surface area contributed by atoms with Gasteiger partial charge in [0.1, 0.15) is 10.8 Å². The quantitative estimate of drug-likeness (QED) is 0.739. The van der Waals surface area contributed by atoms with Crippen molar-refractivity contribution in [2.24, 2.45) is 5.73 Å². The lowest BCUT2D eigenvalue weighted by Gasteiger charge is -2.28. The predicted octanol–water partition coefficient (Wildman–Crippen LogP) is 3.86. The van der Waals surface area contributed by atoms with Crippen molar-refractivity contribution in [3.8, 4) is 0 Å². The minimum absolute atomic E-state index is 0.119. The summed E-state index contributed by atoms with van der Waals surface area (Å²) in [4.78, 5) is 2.44. The Bertz CT molecular complexity index is 448. The van der Waals surface area contributed by atoms with Crippen LogP contribution in [0.5, 0.6) is 0 Å². The van der Waals surface area contributed by atoms with Crippen LogP contribution in [0.3, 0.4) is 0 Å². The number of hydrogen-bond donors (Lipinski definition) is 1. The van der Waals surface area contributed by atoms with Crippen LogP contribution in [0.1, 0.15) is 51.2 Å². The van der Waals surface area contributed by atoms with Gasteiger partial charge in [-0.2, -0.15) is 0 Å². The van der Waals surface area contributed by atoms with Crippen molar-refractivity contribution in [2.75, 3.05) is 6.54 Å². The van der Waals surface area contributed by atoms with Gasteiger partial charge in [-0.15, -0.1) is 0 Å². The Balaban J connectivity index is 2.93. The van der Waals surface area contributed by atoms with Crippen LogP contribution >= 0.6 is 12.2 Å². The summed E-state index contributed by atoms with van der Waals surface area (Å²) in [5, 5.41) is 0. The molecule has 20 heavy (non-hydrogen) atoms. The van der Waals surface area contributed by atoms with Gasteiger partial charge in [0.2, 0.25) is 0 Å². The zero-order valence-corrected chi connectivity index (χ0v) is 13.5. The maximum atomic E-state index is 14.4. The molecule has 0 aliphatic rings. The maximum Gasteiger partial charge on any atom is 0.137 e. The van der Waals surface area contributed by atoms with E-state index in [1.807, 2.05) is 12.1 Å². The lowest BCUT2D eigenvalue weighted by atomic mass is 10.1. The number of benzene rings is 1. The van der Waals surface area contributed by atoms with Crippen molar-refractivity contribution in [2.45, 2.75) is 52.6 Å². The molecule has 0 amide bonds. The van der Waals surface area contributed by atoms with Gasteiger partial charge in [0.25, 0.3) is 0 Å². The van der Waals surface area contributed by atoms with Crippen molar-refractivity contribution in [1.82, 2.24) is 4.90 Å². The number of rotatable bonds is 8. The Morgan fingerprint density at radius 1 is 1.40 bits per heavy atom. The standard InChI is InChI=1S/C16H25FN2S/c1-4-6-10-19(12(3)5-2)11-13-8-7-9-14(15(13)17)16(18)20/h7-9,12H,4-6,10-11H2,1-3H3,(H2,18,20). The molecule has 0 saturated carbocycles. The van der Waals surface area contributed by atoms with Gasteiger partial charge in [-0.25, -0.2) is 4.39 Å². The number of nitrogens with zero attached hydrogens (tertiary/aromatic N) is 1. The molecule has 0 fully saturated rings. The summed E-state index contributed by atoms with van der Waals surface area (Å²) in [5.74, 6) is -0.273. The molecule has 1 aromatic rings. The molecule has 0 bridgehead atoms. The summed E-state index contributed by atoms with van der Waals surface area (Å²) in [6, 6.07) is 5.72. The van der Waals surface area contributed by atoms with Crippen LogP contribution in [0, 0.1) is 5.82 Å². The zero-order valence-electron chi connectivity index (χ0n) is 12.7. The van der Waals surface area contributed by atoms with E-state index in [-0.39, 0.29) is 10.8 Å². The van der Waals surface area contributed by atoms with E-state index in [1.54, 1.807) is 6.07 Å². The highest BCUT2D eigenvalue weighted by Crippen LogP contribution is 2.18. The number of unbranched alkanes of at least 4 members (excludes halogenated alkanes) is 1. The van der Waals surface area contributed by atoms with E-state index in [2.05, 4.69) is 25.7 Å². The lowest BCUT2D eigenvalue weighted by molar-refractivity contribution is 0.190. The predicted molar refractivity (Wildman–Crippen MR) is 87.4 cm³/mol. The van der Waals surface area contributed by atoms with Crippen molar-refractivity contribution in [3.63, 3.8) is 0 Å². The molecule has 0 saturated heterocycles. The molecule has 2 nitrogen and oxygen atoms in total. The van der Waals surface area contributed by atoms with Crippen LogP contribution < -0.4 is 5.73 Å². The van der Waals surface area contributed by atoms with Crippen molar-refractivity contribution < 1.29 is 4.39 Å². The average molecular weight is 296 g/mol. The topological polar surface area (TPSA) is 29.3 Å². The second kappa shape index (κ2) is 8.32. The van der Waals surface area contributed by atoms with E-state index < -0.39 is 0 Å². The molecule has 112 valence electrons. The highest BCUT2D eigenvalue weighted by molar-refractivity contribution is 7.80. The van der Waals surface area contributed by atoms with E-state index >= 15 is 0 Å². The first kappa shape index (κ1) is 17.1. The van der Waals surface area contributed by atoms with Gasteiger partial charge in [0.15, 0.2) is 0 Å². The number of nitrogens with two attached hydrogens (primary N) is 1. The minimum Gasteiger partial charge on any atom is -0.389 e. The highest BCUT2D eigenvalue weighted by atomic mass is 32.1. The normalized spacial score (nSPS) is 12.7. The van der Waals surface area contributed by atoms with Gasteiger partial charge in [-0.1, -0.05) is 44.6 Å². The van der Waals surface area contributed by atoms with Crippen molar-refractivity contribution >= 4 is 17.2 Å². The third-order valence-corrected chi connectivity index (χ3v) is 3.95. The van der Waals surface area contributed by atoms with Gasteiger partial charge < -0.3 is 5.73 Å². The molecule has 1 rings (SSSR count). The molecule has 4 heteroatoms. The molecule has 0 heterocycles. The first-order valence-corrected chi connectivity index (χ1v) is 7.73. The molecule has 1 atom stereocenters. The lowest BCUT2D eigenvalue weighted by Crippen LogP contribution is -2.33. The first-order valence-electron chi connectivity index (χ1n) is 7.32. The van der Waals surface area contributed by atoms with Gasteiger partial charge >= 0.3 is 0 Å². The fourth-order valence-electron chi connectivity index (χ4n) is 2.19. The molecule has 1 aromatic carbocycles. The fourth-order valence-corrected chi connectivity index (χ4v) is 2.34. The minimum atomic E-state index is -0.273. The Kier molecular flexibility index (Phi) is 7.10. The molecule has 2 N–H and O–H groups in total. The Morgan fingerprint density at radius 2 is 2.10 bits per heavy atom. The van der Waals surface area contributed by atoms with Gasteiger partial charge in [0, 0.05) is 23.7 Å². The largest absolute Gasteiger partial charge is 0.389 e. The summed E-state index contributed by atoms with van der Waals surface area (Å²) in [6.07, 6.45) is 3.32. The molecule has 0 radical (unpaired) electrons. The molecule has 0 spiro atoms. The summed E-state index contributed by atoms with van der Waals surface area (Å²) >= 11 is 4.89. The van der Waals surface area contributed by atoms with E-state index in [0.717, 1.165) is 25.8 Å². The first-order chi connectivity index (χ1) is 9.51. The highest BCUT2D eigenvalue weighted by Gasteiger charge is 2.16. The van der Waals surface area contributed by atoms with Crippen molar-refractivity contribution in [1.29, 1.82) is 0 Å². The smallest absolute Gasteiger partial charge is 0.137 e. The number of halogens is 1. The van der Waals surface area contributed by atoms with Crippen LogP contribution in [0.4, 0.5) is 4.39 Å². The summed E-state index contributed by atoms with van der Waals surface area (Å²) in [7, 11) is 0. The number of thiocarbonyl (C=S) groups is 1. The second-order valence-electron chi connectivity index (χ2n) is 5.22. The average Bonchev–Trinajstić information content (AvgIpc) is 2.43. The third-order valence-electron chi connectivity index (χ3n) is 3.73. The fraction of sp³-hybridized carbons (Fsp3) is 0.562. The maximum absolute atomic E-state index is 14.4.